The molecule has 2 amide bonds. The lowest BCUT2D eigenvalue weighted by molar-refractivity contribution is -0.134. The van der Waals surface area contributed by atoms with Crippen molar-refractivity contribution in [2.75, 3.05) is 51.3 Å². The fraction of sp³-hybridized carbons (Fsp3) is 0.500. The number of carbonyl (C=O) groups is 2. The molecule has 0 radical (unpaired) electrons. The zero-order valence-corrected chi connectivity index (χ0v) is 20.5. The first-order chi connectivity index (χ1) is 16.9. The average Bonchev–Trinajstić information content (AvgIpc) is 3.54. The fourth-order valence-corrected chi connectivity index (χ4v) is 5.17. The van der Waals surface area contributed by atoms with Crippen molar-refractivity contribution in [1.29, 1.82) is 0 Å². The van der Waals surface area contributed by atoms with E-state index in [0.29, 0.717) is 45.2 Å². The summed E-state index contributed by atoms with van der Waals surface area (Å²) in [6.07, 6.45) is 3.27. The van der Waals surface area contributed by atoms with Gasteiger partial charge in [-0.05, 0) is 31.5 Å². The Morgan fingerprint density at radius 1 is 1.09 bits per heavy atom. The molecule has 2 fully saturated rings. The highest BCUT2D eigenvalue weighted by atomic mass is 16.5. The molecule has 1 aromatic carbocycles. The van der Waals surface area contributed by atoms with Gasteiger partial charge in [-0.2, -0.15) is 0 Å². The van der Waals surface area contributed by atoms with E-state index in [9.17, 15) is 9.59 Å². The van der Waals surface area contributed by atoms with Crippen LogP contribution in [0.2, 0.25) is 0 Å². The monoisotopic (exact) mass is 480 g/mol. The summed E-state index contributed by atoms with van der Waals surface area (Å²) in [6.45, 7) is 7.25. The Morgan fingerprint density at radius 3 is 2.66 bits per heavy atom. The number of benzene rings is 1. The van der Waals surface area contributed by atoms with Gasteiger partial charge in [0, 0.05) is 44.6 Å². The molecule has 2 saturated heterocycles. The van der Waals surface area contributed by atoms with Gasteiger partial charge in [-0.15, -0.1) is 0 Å². The van der Waals surface area contributed by atoms with Crippen molar-refractivity contribution in [3.05, 3.63) is 36.0 Å². The molecule has 0 saturated carbocycles. The van der Waals surface area contributed by atoms with Gasteiger partial charge in [-0.3, -0.25) is 9.59 Å². The number of aromatic nitrogens is 1. The van der Waals surface area contributed by atoms with Gasteiger partial charge in [-0.25, -0.2) is 4.98 Å². The zero-order chi connectivity index (χ0) is 24.5. The maximum Gasteiger partial charge on any atom is 0.227 e. The van der Waals surface area contributed by atoms with Crippen LogP contribution in [0, 0.1) is 12.8 Å². The van der Waals surface area contributed by atoms with Crippen LogP contribution in [-0.2, 0) is 9.59 Å². The first kappa shape index (κ1) is 23.3. The zero-order valence-electron chi connectivity index (χ0n) is 20.5. The van der Waals surface area contributed by atoms with E-state index in [1.165, 1.54) is 0 Å². The number of pyridine rings is 1. The van der Waals surface area contributed by atoms with Gasteiger partial charge < -0.3 is 28.9 Å². The number of amides is 2. The van der Waals surface area contributed by atoms with Gasteiger partial charge in [0.1, 0.15) is 24.2 Å². The SMILES string of the molecule is COc1ncc(N2CCOc3ccc(OC4CCN(C(=O)C5CCN(C(C)=O)C5)C4)cc32)cc1C. The van der Waals surface area contributed by atoms with Crippen molar-refractivity contribution >= 4 is 23.2 Å². The Morgan fingerprint density at radius 2 is 1.91 bits per heavy atom. The Balaban J connectivity index is 1.26. The van der Waals surface area contributed by atoms with E-state index >= 15 is 0 Å². The molecule has 9 heteroatoms. The third-order valence-electron chi connectivity index (χ3n) is 7.06. The third-order valence-corrected chi connectivity index (χ3v) is 7.06. The number of fused-ring (bicyclic) bond motifs is 1. The van der Waals surface area contributed by atoms with Crippen LogP contribution < -0.4 is 19.1 Å². The maximum absolute atomic E-state index is 13.0. The molecule has 0 bridgehead atoms. The second kappa shape index (κ2) is 9.64. The quantitative estimate of drug-likeness (QED) is 0.651. The normalized spacial score (nSPS) is 21.5. The number of likely N-dealkylation sites (tertiary alicyclic amines) is 2. The minimum atomic E-state index is -0.103. The first-order valence-corrected chi connectivity index (χ1v) is 12.2. The van der Waals surface area contributed by atoms with Crippen LogP contribution in [0.15, 0.2) is 30.5 Å². The van der Waals surface area contributed by atoms with Crippen LogP contribution in [0.3, 0.4) is 0 Å². The molecule has 3 aliphatic rings. The molecule has 9 nitrogen and oxygen atoms in total. The number of nitrogens with zero attached hydrogens (tertiary/aromatic N) is 4. The van der Waals surface area contributed by atoms with Gasteiger partial charge in [0.2, 0.25) is 17.7 Å². The van der Waals surface area contributed by atoms with Gasteiger partial charge >= 0.3 is 0 Å². The molecular weight excluding hydrogens is 448 g/mol. The Hall–Kier alpha value is -3.49. The molecule has 1 aromatic heterocycles. The lowest BCUT2D eigenvalue weighted by atomic mass is 10.1. The van der Waals surface area contributed by atoms with Crippen LogP contribution in [-0.4, -0.2) is 79.1 Å². The summed E-state index contributed by atoms with van der Waals surface area (Å²) in [4.78, 5) is 34.8. The minimum Gasteiger partial charge on any atom is -0.490 e. The van der Waals surface area contributed by atoms with E-state index < -0.39 is 0 Å². The van der Waals surface area contributed by atoms with E-state index in [0.717, 1.165) is 41.3 Å². The van der Waals surface area contributed by atoms with Crippen molar-refractivity contribution < 1.29 is 23.8 Å². The number of aryl methyl sites for hydroxylation is 1. The highest BCUT2D eigenvalue weighted by molar-refractivity contribution is 5.81. The van der Waals surface area contributed by atoms with E-state index in [-0.39, 0.29) is 23.8 Å². The second-order valence-corrected chi connectivity index (χ2v) is 9.41. The molecule has 3 aliphatic heterocycles. The number of methoxy groups -OCH3 is 1. The number of hydrogen-bond acceptors (Lipinski definition) is 7. The summed E-state index contributed by atoms with van der Waals surface area (Å²) < 4.78 is 17.5. The maximum atomic E-state index is 13.0. The third kappa shape index (κ3) is 4.72. The van der Waals surface area contributed by atoms with Crippen molar-refractivity contribution in [1.82, 2.24) is 14.8 Å². The molecule has 2 atom stereocenters. The number of anilines is 2. The fourth-order valence-electron chi connectivity index (χ4n) is 5.17. The van der Waals surface area contributed by atoms with Gasteiger partial charge in [0.15, 0.2) is 0 Å². The highest BCUT2D eigenvalue weighted by Gasteiger charge is 2.36. The molecular formula is C26H32N4O5. The standard InChI is InChI=1S/C26H32N4O5/c1-17-12-20(14-27-25(17)33-3)30-10-11-34-24-5-4-21(13-23(24)30)35-22-7-9-29(16-22)26(32)19-6-8-28(15-19)18(2)31/h4-5,12-14,19,22H,6-11,15-16H2,1-3H3. The summed E-state index contributed by atoms with van der Waals surface area (Å²) in [6, 6.07) is 7.92. The Bertz CT molecular complexity index is 1120. The van der Waals surface area contributed by atoms with E-state index in [2.05, 4.69) is 16.0 Å². The topological polar surface area (TPSA) is 84.4 Å². The van der Waals surface area contributed by atoms with Crippen LogP contribution >= 0.6 is 0 Å². The van der Waals surface area contributed by atoms with E-state index in [1.54, 1.807) is 18.9 Å². The molecule has 0 spiro atoms. The van der Waals surface area contributed by atoms with Crippen LogP contribution in [0.5, 0.6) is 17.4 Å². The number of rotatable bonds is 5. The van der Waals surface area contributed by atoms with Gasteiger partial charge in [0.25, 0.3) is 0 Å². The number of hydrogen-bond donors (Lipinski definition) is 0. The summed E-state index contributed by atoms with van der Waals surface area (Å²) >= 11 is 0. The predicted octanol–water partition coefficient (Wildman–Crippen LogP) is 2.78. The van der Waals surface area contributed by atoms with Crippen molar-refractivity contribution in [3.63, 3.8) is 0 Å². The van der Waals surface area contributed by atoms with Crippen LogP contribution in [0.4, 0.5) is 11.4 Å². The highest BCUT2D eigenvalue weighted by Crippen LogP contribution is 2.40. The molecule has 0 N–H and O–H groups in total. The molecule has 2 unspecified atom stereocenters. The lowest BCUT2D eigenvalue weighted by Gasteiger charge is -2.32. The van der Waals surface area contributed by atoms with Crippen molar-refractivity contribution in [2.45, 2.75) is 32.8 Å². The smallest absolute Gasteiger partial charge is 0.227 e. The van der Waals surface area contributed by atoms with Gasteiger partial charge in [0.05, 0.1) is 43.7 Å². The van der Waals surface area contributed by atoms with Crippen LogP contribution in [0.25, 0.3) is 0 Å². The molecule has 186 valence electrons. The molecule has 0 aliphatic carbocycles. The minimum absolute atomic E-state index is 0.0361. The average molecular weight is 481 g/mol. The van der Waals surface area contributed by atoms with Crippen LogP contribution in [0.1, 0.15) is 25.3 Å². The van der Waals surface area contributed by atoms with Gasteiger partial charge in [-0.1, -0.05) is 0 Å². The molecule has 4 heterocycles. The second-order valence-electron chi connectivity index (χ2n) is 9.41. The summed E-state index contributed by atoms with van der Waals surface area (Å²) in [5.74, 6) is 2.23. The predicted molar refractivity (Wildman–Crippen MR) is 130 cm³/mol. The molecule has 2 aromatic rings. The van der Waals surface area contributed by atoms with E-state index in [4.69, 9.17) is 14.2 Å². The first-order valence-electron chi connectivity index (χ1n) is 12.2. The van der Waals surface area contributed by atoms with Crippen molar-refractivity contribution in [2.24, 2.45) is 5.92 Å². The Kier molecular flexibility index (Phi) is 6.40. The summed E-state index contributed by atoms with van der Waals surface area (Å²) in [5.41, 5.74) is 2.87. The number of ether oxygens (including phenoxy) is 3. The summed E-state index contributed by atoms with van der Waals surface area (Å²) in [7, 11) is 1.62. The largest absolute Gasteiger partial charge is 0.490 e. The molecule has 5 rings (SSSR count). The van der Waals surface area contributed by atoms with Crippen molar-refractivity contribution in [3.8, 4) is 17.4 Å². The summed E-state index contributed by atoms with van der Waals surface area (Å²) in [5, 5.41) is 0. The lowest BCUT2D eigenvalue weighted by Crippen LogP contribution is -2.37. The Labute approximate surface area is 205 Å². The number of carbonyl (C=O) groups excluding carboxylic acids is 2. The van der Waals surface area contributed by atoms with E-state index in [1.807, 2.05) is 36.2 Å². The molecule has 35 heavy (non-hydrogen) atoms.